The fourth-order valence-electron chi connectivity index (χ4n) is 4.50. The molecule has 0 radical (unpaired) electrons. The average Bonchev–Trinajstić information content (AvgIpc) is 3.15. The SMILES string of the molecule is CC(=O)N1CCC2CC21CN1CCc2cc(C(=O)NO)cnc2C1. The van der Waals surface area contributed by atoms with Crippen molar-refractivity contribution < 1.29 is 14.8 Å². The van der Waals surface area contributed by atoms with Crippen LogP contribution in [0.5, 0.6) is 0 Å². The minimum Gasteiger partial charge on any atom is -0.336 e. The molecule has 1 saturated carbocycles. The Hall–Kier alpha value is -1.99. The van der Waals surface area contributed by atoms with Crippen molar-refractivity contribution in [3.8, 4) is 0 Å². The molecule has 2 fully saturated rings. The van der Waals surface area contributed by atoms with Crippen LogP contribution in [0.3, 0.4) is 0 Å². The fourth-order valence-corrected chi connectivity index (χ4v) is 4.50. The van der Waals surface area contributed by atoms with Gasteiger partial charge in [-0.05, 0) is 36.8 Å². The van der Waals surface area contributed by atoms with Gasteiger partial charge in [-0.25, -0.2) is 5.48 Å². The molecule has 3 heterocycles. The molecule has 0 bridgehead atoms. The van der Waals surface area contributed by atoms with Crippen molar-refractivity contribution in [2.45, 2.75) is 38.3 Å². The van der Waals surface area contributed by atoms with Gasteiger partial charge in [0.25, 0.3) is 5.91 Å². The van der Waals surface area contributed by atoms with E-state index in [0.29, 0.717) is 11.5 Å². The lowest BCUT2D eigenvalue weighted by molar-refractivity contribution is -0.131. The van der Waals surface area contributed by atoms with E-state index < -0.39 is 5.91 Å². The Balaban J connectivity index is 1.47. The third-order valence-electron chi connectivity index (χ3n) is 5.81. The number of likely N-dealkylation sites (tertiary alicyclic amines) is 1. The number of fused-ring (bicyclic) bond motifs is 2. The minimum atomic E-state index is -0.532. The molecule has 3 aliphatic rings. The predicted octanol–water partition coefficient (Wildman–Crippen LogP) is 0.570. The van der Waals surface area contributed by atoms with E-state index in [4.69, 9.17) is 5.21 Å². The second kappa shape index (κ2) is 5.53. The number of hydroxylamine groups is 1. The molecule has 24 heavy (non-hydrogen) atoms. The standard InChI is InChI=1S/C17H22N4O3/c1-11(22)21-5-3-14-7-17(14,21)10-20-4-2-12-6-13(16(23)19-24)8-18-15(12)9-20/h6,8,14,24H,2-5,7,9-10H2,1H3,(H,19,23). The number of pyridine rings is 1. The largest absolute Gasteiger partial charge is 0.336 e. The summed E-state index contributed by atoms with van der Waals surface area (Å²) >= 11 is 0. The zero-order chi connectivity index (χ0) is 16.9. The highest BCUT2D eigenvalue weighted by Crippen LogP contribution is 2.56. The first-order valence-electron chi connectivity index (χ1n) is 8.46. The summed E-state index contributed by atoms with van der Waals surface area (Å²) < 4.78 is 0. The number of rotatable bonds is 3. The maximum absolute atomic E-state index is 11.9. The highest BCUT2D eigenvalue weighted by Gasteiger charge is 2.63. The van der Waals surface area contributed by atoms with E-state index in [-0.39, 0.29) is 11.4 Å². The smallest absolute Gasteiger partial charge is 0.276 e. The number of hydrogen-bond donors (Lipinski definition) is 2. The number of hydrogen-bond acceptors (Lipinski definition) is 5. The van der Waals surface area contributed by atoms with Gasteiger partial charge in [-0.15, -0.1) is 0 Å². The average molecular weight is 330 g/mol. The molecular formula is C17H22N4O3. The summed E-state index contributed by atoms with van der Waals surface area (Å²) in [6.07, 6.45) is 4.58. The molecule has 0 aromatic carbocycles. The summed E-state index contributed by atoms with van der Waals surface area (Å²) in [5.74, 6) is 0.312. The lowest BCUT2D eigenvalue weighted by Gasteiger charge is -2.35. The fraction of sp³-hybridized carbons (Fsp3) is 0.588. The summed E-state index contributed by atoms with van der Waals surface area (Å²) in [5, 5.41) is 8.73. The van der Waals surface area contributed by atoms with Crippen LogP contribution in [-0.4, -0.2) is 57.0 Å². The van der Waals surface area contributed by atoms with E-state index >= 15 is 0 Å². The van der Waals surface area contributed by atoms with Gasteiger partial charge >= 0.3 is 0 Å². The summed E-state index contributed by atoms with van der Waals surface area (Å²) in [6, 6.07) is 1.81. The van der Waals surface area contributed by atoms with E-state index in [1.165, 1.54) is 6.20 Å². The molecule has 2 amide bonds. The topological polar surface area (TPSA) is 85.8 Å². The maximum Gasteiger partial charge on any atom is 0.276 e. The molecule has 2 N–H and O–H groups in total. The number of carbonyl (C=O) groups is 2. The lowest BCUT2D eigenvalue weighted by Crippen LogP contribution is -2.48. The van der Waals surface area contributed by atoms with Crippen LogP contribution in [0, 0.1) is 5.92 Å². The zero-order valence-electron chi connectivity index (χ0n) is 13.8. The van der Waals surface area contributed by atoms with Crippen LogP contribution in [0.4, 0.5) is 0 Å². The Morgan fingerprint density at radius 3 is 3.00 bits per heavy atom. The summed E-state index contributed by atoms with van der Waals surface area (Å²) in [4.78, 5) is 32.2. The number of nitrogens with zero attached hydrogens (tertiary/aromatic N) is 3. The van der Waals surface area contributed by atoms with Crippen molar-refractivity contribution in [1.29, 1.82) is 0 Å². The monoisotopic (exact) mass is 330 g/mol. The van der Waals surface area contributed by atoms with E-state index in [0.717, 1.165) is 56.7 Å². The molecule has 7 nitrogen and oxygen atoms in total. The normalized spacial score (nSPS) is 28.2. The van der Waals surface area contributed by atoms with Crippen LogP contribution >= 0.6 is 0 Å². The summed E-state index contributed by atoms with van der Waals surface area (Å²) in [7, 11) is 0. The van der Waals surface area contributed by atoms with Crippen molar-refractivity contribution in [2.24, 2.45) is 5.92 Å². The molecule has 1 saturated heterocycles. The van der Waals surface area contributed by atoms with Crippen molar-refractivity contribution in [3.05, 3.63) is 29.1 Å². The molecule has 0 spiro atoms. The van der Waals surface area contributed by atoms with Crippen molar-refractivity contribution in [3.63, 3.8) is 0 Å². The third kappa shape index (κ3) is 2.39. The Morgan fingerprint density at radius 1 is 1.46 bits per heavy atom. The van der Waals surface area contributed by atoms with Gasteiger partial charge in [0.2, 0.25) is 5.91 Å². The molecular weight excluding hydrogens is 308 g/mol. The molecule has 128 valence electrons. The van der Waals surface area contributed by atoms with Crippen molar-refractivity contribution in [1.82, 2.24) is 20.3 Å². The molecule has 7 heteroatoms. The van der Waals surface area contributed by atoms with Crippen LogP contribution in [0.2, 0.25) is 0 Å². The van der Waals surface area contributed by atoms with Gasteiger partial charge in [0.1, 0.15) is 0 Å². The quantitative estimate of drug-likeness (QED) is 0.625. The van der Waals surface area contributed by atoms with Crippen LogP contribution in [0.15, 0.2) is 12.3 Å². The van der Waals surface area contributed by atoms with Gasteiger partial charge in [0.15, 0.2) is 0 Å². The van der Waals surface area contributed by atoms with Crippen molar-refractivity contribution in [2.75, 3.05) is 19.6 Å². The molecule has 1 aromatic rings. The van der Waals surface area contributed by atoms with Crippen LogP contribution in [0.25, 0.3) is 0 Å². The van der Waals surface area contributed by atoms with Gasteiger partial charge in [0, 0.05) is 39.3 Å². The molecule has 4 rings (SSSR count). The number of piperidine rings is 1. The first-order chi connectivity index (χ1) is 11.5. The van der Waals surface area contributed by atoms with Gasteiger partial charge in [-0.3, -0.25) is 24.7 Å². The van der Waals surface area contributed by atoms with E-state index in [2.05, 4.69) is 14.8 Å². The number of aromatic nitrogens is 1. The van der Waals surface area contributed by atoms with Crippen LogP contribution < -0.4 is 5.48 Å². The highest BCUT2D eigenvalue weighted by molar-refractivity contribution is 5.93. The highest BCUT2D eigenvalue weighted by atomic mass is 16.5. The molecule has 2 unspecified atom stereocenters. The van der Waals surface area contributed by atoms with Crippen molar-refractivity contribution >= 4 is 11.8 Å². The lowest BCUT2D eigenvalue weighted by atomic mass is 10.0. The predicted molar refractivity (Wildman–Crippen MR) is 85.3 cm³/mol. The number of amides is 2. The van der Waals surface area contributed by atoms with Gasteiger partial charge < -0.3 is 4.90 Å². The first-order valence-corrected chi connectivity index (χ1v) is 8.46. The Bertz CT molecular complexity index is 707. The summed E-state index contributed by atoms with van der Waals surface area (Å²) in [6.45, 7) is 5.12. The second-order valence-electron chi connectivity index (χ2n) is 7.20. The van der Waals surface area contributed by atoms with E-state index in [1.807, 2.05) is 0 Å². The molecule has 2 atom stereocenters. The molecule has 1 aliphatic carbocycles. The summed E-state index contributed by atoms with van der Waals surface area (Å²) in [5.41, 5.74) is 4.12. The van der Waals surface area contributed by atoms with Crippen LogP contribution in [-0.2, 0) is 17.8 Å². The second-order valence-corrected chi connectivity index (χ2v) is 7.20. The Kier molecular flexibility index (Phi) is 3.58. The minimum absolute atomic E-state index is 0.0556. The van der Waals surface area contributed by atoms with Gasteiger partial charge in [0.05, 0.1) is 16.8 Å². The Morgan fingerprint density at radius 2 is 2.29 bits per heavy atom. The van der Waals surface area contributed by atoms with Gasteiger partial charge in [-0.2, -0.15) is 0 Å². The molecule has 1 aromatic heterocycles. The zero-order valence-corrected chi connectivity index (χ0v) is 13.8. The molecule has 2 aliphatic heterocycles. The number of nitrogens with one attached hydrogen (secondary N) is 1. The Labute approximate surface area is 140 Å². The van der Waals surface area contributed by atoms with E-state index in [9.17, 15) is 9.59 Å². The third-order valence-corrected chi connectivity index (χ3v) is 5.81. The first kappa shape index (κ1) is 15.5. The van der Waals surface area contributed by atoms with E-state index in [1.54, 1.807) is 18.5 Å². The maximum atomic E-state index is 11.9. The number of carbonyl (C=O) groups excluding carboxylic acids is 2. The van der Waals surface area contributed by atoms with Crippen LogP contribution in [0.1, 0.15) is 41.4 Å². The van der Waals surface area contributed by atoms with Gasteiger partial charge in [-0.1, -0.05) is 0 Å².